The molecule has 4 aliphatic carbocycles. The number of carbonyl (C=O) groups is 1. The number of benzene rings is 1. The number of hydrogen-bond donors (Lipinski definition) is 1. The second kappa shape index (κ2) is 5.99. The van der Waals surface area contributed by atoms with E-state index < -0.39 is 0 Å². The molecule has 1 atom stereocenters. The zero-order valence-corrected chi connectivity index (χ0v) is 15.4. The highest BCUT2D eigenvalue weighted by Crippen LogP contribution is 2.59. The van der Waals surface area contributed by atoms with Gasteiger partial charge in [0.2, 0.25) is 0 Å². The van der Waals surface area contributed by atoms with Crippen LogP contribution < -0.4 is 5.32 Å². The Morgan fingerprint density at radius 2 is 1.80 bits per heavy atom. The summed E-state index contributed by atoms with van der Waals surface area (Å²) in [7, 11) is 0. The SMILES string of the molecule is O=C(NCC12CC3CC(CC(C3)C1)C2)c1cc(CC2CO2)ccc1Cl. The highest BCUT2D eigenvalue weighted by atomic mass is 35.5. The third-order valence-corrected chi connectivity index (χ3v) is 7.26. The summed E-state index contributed by atoms with van der Waals surface area (Å²) < 4.78 is 5.29. The van der Waals surface area contributed by atoms with Gasteiger partial charge in [-0.2, -0.15) is 0 Å². The number of ether oxygens (including phenoxy) is 1. The van der Waals surface area contributed by atoms with Gasteiger partial charge in [0.1, 0.15) is 0 Å². The standard InChI is InChI=1S/C21H26ClNO2/c22-19-2-1-13(6-17-11-25-17)7-18(19)20(24)23-12-21-8-14-3-15(9-21)5-16(4-14)10-21/h1-2,7,14-17H,3-6,8-12H2,(H,23,24). The second-order valence-corrected chi connectivity index (χ2v) is 9.48. The lowest BCUT2D eigenvalue weighted by molar-refractivity contribution is -0.0503. The van der Waals surface area contributed by atoms with Gasteiger partial charge in [0.05, 0.1) is 23.3 Å². The average molecular weight is 360 g/mol. The molecule has 0 radical (unpaired) electrons. The van der Waals surface area contributed by atoms with Gasteiger partial charge in [-0.05, 0) is 79.4 Å². The van der Waals surface area contributed by atoms with Crippen LogP contribution >= 0.6 is 11.6 Å². The molecule has 1 saturated heterocycles. The number of epoxide rings is 1. The molecule has 1 heterocycles. The molecule has 6 rings (SSSR count). The summed E-state index contributed by atoms with van der Waals surface area (Å²) in [6.45, 7) is 1.65. The maximum absolute atomic E-state index is 12.8. The van der Waals surface area contributed by atoms with Gasteiger partial charge >= 0.3 is 0 Å². The molecule has 0 spiro atoms. The normalized spacial score (nSPS) is 38.0. The fourth-order valence-electron chi connectivity index (χ4n) is 6.19. The van der Waals surface area contributed by atoms with Crippen molar-refractivity contribution in [3.8, 4) is 0 Å². The summed E-state index contributed by atoms with van der Waals surface area (Å²) in [6.07, 6.45) is 9.43. The first-order valence-electron chi connectivity index (χ1n) is 9.77. The minimum atomic E-state index is -0.0145. The van der Waals surface area contributed by atoms with Crippen LogP contribution in [0.15, 0.2) is 18.2 Å². The zero-order valence-electron chi connectivity index (χ0n) is 14.6. The van der Waals surface area contributed by atoms with Crippen LogP contribution in [0.1, 0.15) is 54.4 Å². The van der Waals surface area contributed by atoms with Crippen molar-refractivity contribution in [3.63, 3.8) is 0 Å². The topological polar surface area (TPSA) is 41.6 Å². The first-order chi connectivity index (χ1) is 12.1. The Hall–Kier alpha value is -1.06. The Balaban J connectivity index is 1.27. The van der Waals surface area contributed by atoms with Gasteiger partial charge in [0.25, 0.3) is 5.91 Å². The number of amides is 1. The number of halogens is 1. The largest absolute Gasteiger partial charge is 0.373 e. The van der Waals surface area contributed by atoms with Crippen LogP contribution in [0, 0.1) is 23.2 Å². The molecule has 3 nitrogen and oxygen atoms in total. The van der Waals surface area contributed by atoms with Crippen molar-refractivity contribution in [2.24, 2.45) is 23.2 Å². The highest BCUT2D eigenvalue weighted by molar-refractivity contribution is 6.33. The van der Waals surface area contributed by atoms with E-state index in [9.17, 15) is 4.79 Å². The van der Waals surface area contributed by atoms with E-state index in [0.29, 0.717) is 22.1 Å². The third kappa shape index (κ3) is 3.21. The van der Waals surface area contributed by atoms with Crippen LogP contribution in [-0.4, -0.2) is 25.2 Å². The zero-order chi connectivity index (χ0) is 17.0. The Kier molecular flexibility index (Phi) is 3.87. The van der Waals surface area contributed by atoms with Gasteiger partial charge in [-0.15, -0.1) is 0 Å². The van der Waals surface area contributed by atoms with Crippen LogP contribution in [0.2, 0.25) is 5.02 Å². The van der Waals surface area contributed by atoms with Gasteiger partial charge in [-0.25, -0.2) is 0 Å². The van der Waals surface area contributed by atoms with Crippen LogP contribution in [0.5, 0.6) is 0 Å². The Morgan fingerprint density at radius 3 is 2.40 bits per heavy atom. The molecule has 25 heavy (non-hydrogen) atoms. The summed E-state index contributed by atoms with van der Waals surface area (Å²) in [5, 5.41) is 3.78. The lowest BCUT2D eigenvalue weighted by Crippen LogP contribution is -2.51. The van der Waals surface area contributed by atoms with Gasteiger partial charge in [-0.3, -0.25) is 4.79 Å². The molecule has 1 aromatic carbocycles. The van der Waals surface area contributed by atoms with E-state index in [-0.39, 0.29) is 5.91 Å². The van der Waals surface area contributed by atoms with Crippen LogP contribution in [0.4, 0.5) is 0 Å². The van der Waals surface area contributed by atoms with Crippen molar-refractivity contribution in [3.05, 3.63) is 34.3 Å². The molecule has 4 bridgehead atoms. The van der Waals surface area contributed by atoms with E-state index in [0.717, 1.165) is 42.9 Å². The van der Waals surface area contributed by atoms with Crippen molar-refractivity contribution in [1.29, 1.82) is 0 Å². The Bertz CT molecular complexity index is 662. The van der Waals surface area contributed by atoms with Crippen molar-refractivity contribution >= 4 is 17.5 Å². The Morgan fingerprint density at radius 1 is 1.16 bits per heavy atom. The number of nitrogens with one attached hydrogen (secondary N) is 1. The van der Waals surface area contributed by atoms with E-state index >= 15 is 0 Å². The molecular weight excluding hydrogens is 334 g/mol. The monoisotopic (exact) mass is 359 g/mol. The predicted molar refractivity (Wildman–Crippen MR) is 97.8 cm³/mol. The molecule has 1 N–H and O–H groups in total. The third-order valence-electron chi connectivity index (χ3n) is 6.93. The number of rotatable bonds is 5. The Labute approximate surface area is 154 Å². The molecule has 1 unspecified atom stereocenters. The molecule has 1 aliphatic heterocycles. The van der Waals surface area contributed by atoms with Crippen LogP contribution in [0.25, 0.3) is 0 Å². The van der Waals surface area contributed by atoms with Gasteiger partial charge in [0.15, 0.2) is 0 Å². The van der Waals surface area contributed by atoms with Gasteiger partial charge < -0.3 is 10.1 Å². The van der Waals surface area contributed by atoms with E-state index in [1.165, 1.54) is 38.5 Å². The fourth-order valence-corrected chi connectivity index (χ4v) is 6.40. The second-order valence-electron chi connectivity index (χ2n) is 9.07. The van der Waals surface area contributed by atoms with E-state index in [1.807, 2.05) is 18.2 Å². The summed E-state index contributed by atoms with van der Waals surface area (Å²) in [6, 6.07) is 5.79. The molecule has 0 aromatic heterocycles. The van der Waals surface area contributed by atoms with Crippen LogP contribution in [-0.2, 0) is 11.2 Å². The number of carbonyl (C=O) groups excluding carboxylic acids is 1. The van der Waals surface area contributed by atoms with Crippen molar-refractivity contribution < 1.29 is 9.53 Å². The van der Waals surface area contributed by atoms with Crippen molar-refractivity contribution in [2.75, 3.05) is 13.2 Å². The number of hydrogen-bond acceptors (Lipinski definition) is 2. The fraction of sp³-hybridized carbons (Fsp3) is 0.667. The lowest BCUT2D eigenvalue weighted by atomic mass is 9.49. The minimum Gasteiger partial charge on any atom is -0.373 e. The molecule has 4 heteroatoms. The first kappa shape index (κ1) is 16.1. The maximum atomic E-state index is 12.8. The first-order valence-corrected chi connectivity index (χ1v) is 10.1. The summed E-state index contributed by atoms with van der Waals surface area (Å²) >= 11 is 6.31. The molecule has 5 aliphatic rings. The molecule has 1 aromatic rings. The van der Waals surface area contributed by atoms with Crippen molar-refractivity contribution in [2.45, 2.75) is 51.0 Å². The summed E-state index contributed by atoms with van der Waals surface area (Å²) in [5.41, 5.74) is 2.10. The van der Waals surface area contributed by atoms with Gasteiger partial charge in [-0.1, -0.05) is 17.7 Å². The van der Waals surface area contributed by atoms with E-state index in [2.05, 4.69) is 5.32 Å². The van der Waals surface area contributed by atoms with E-state index in [1.54, 1.807) is 0 Å². The summed E-state index contributed by atoms with van der Waals surface area (Å²) in [4.78, 5) is 12.8. The molecule has 134 valence electrons. The smallest absolute Gasteiger partial charge is 0.252 e. The highest BCUT2D eigenvalue weighted by Gasteiger charge is 2.50. The van der Waals surface area contributed by atoms with E-state index in [4.69, 9.17) is 16.3 Å². The molecular formula is C21H26ClNO2. The molecule has 5 fully saturated rings. The maximum Gasteiger partial charge on any atom is 0.252 e. The molecule has 1 amide bonds. The van der Waals surface area contributed by atoms with Gasteiger partial charge in [0, 0.05) is 13.0 Å². The lowest BCUT2D eigenvalue weighted by Gasteiger charge is -2.56. The van der Waals surface area contributed by atoms with Crippen LogP contribution in [0.3, 0.4) is 0 Å². The predicted octanol–water partition coefficient (Wildman–Crippen LogP) is 4.23. The minimum absolute atomic E-state index is 0.0145. The van der Waals surface area contributed by atoms with Crippen molar-refractivity contribution in [1.82, 2.24) is 5.32 Å². The summed E-state index contributed by atoms with van der Waals surface area (Å²) in [5.74, 6) is 2.72. The molecule has 4 saturated carbocycles. The quantitative estimate of drug-likeness (QED) is 0.799. The average Bonchev–Trinajstić information content (AvgIpc) is 3.37.